The molecular weight excluding hydrogens is 220 g/mol. The van der Waals surface area contributed by atoms with Gasteiger partial charge in [-0.05, 0) is 35.2 Å². The molecule has 0 aliphatic heterocycles. The molecular formula is C16H14N2. The molecule has 0 amide bonds. The maximum Gasteiger partial charge on any atom is 0.0991 e. The zero-order valence-electron chi connectivity index (χ0n) is 10.0. The molecule has 0 bridgehead atoms. The number of benzene rings is 2. The molecule has 0 saturated heterocycles. The molecule has 1 aliphatic carbocycles. The van der Waals surface area contributed by atoms with E-state index < -0.39 is 0 Å². The Morgan fingerprint density at radius 3 is 2.33 bits per heavy atom. The van der Waals surface area contributed by atoms with Crippen molar-refractivity contribution in [1.82, 2.24) is 0 Å². The topological polar surface area (TPSA) is 49.8 Å². The van der Waals surface area contributed by atoms with Crippen molar-refractivity contribution >= 4 is 0 Å². The summed E-state index contributed by atoms with van der Waals surface area (Å²) in [6.45, 7) is 0. The number of nitrogens with zero attached hydrogens (tertiary/aromatic N) is 1. The van der Waals surface area contributed by atoms with Crippen LogP contribution in [0.5, 0.6) is 0 Å². The predicted molar refractivity (Wildman–Crippen MR) is 71.0 cm³/mol. The minimum absolute atomic E-state index is 0.127. The molecule has 2 unspecified atom stereocenters. The van der Waals surface area contributed by atoms with Gasteiger partial charge in [0, 0.05) is 12.0 Å². The molecule has 2 N–H and O–H groups in total. The van der Waals surface area contributed by atoms with Crippen LogP contribution in [0.15, 0.2) is 48.5 Å². The van der Waals surface area contributed by atoms with Gasteiger partial charge in [0.25, 0.3) is 0 Å². The smallest absolute Gasteiger partial charge is 0.0991 e. The summed E-state index contributed by atoms with van der Waals surface area (Å²) in [6.07, 6.45) is 0.950. The summed E-state index contributed by atoms with van der Waals surface area (Å²) in [5.41, 5.74) is 10.7. The molecule has 0 heterocycles. The zero-order chi connectivity index (χ0) is 12.5. The lowest BCUT2D eigenvalue weighted by Gasteiger charge is -2.11. The number of rotatable bonds is 1. The molecule has 0 radical (unpaired) electrons. The summed E-state index contributed by atoms with van der Waals surface area (Å²) in [6, 6.07) is 18.5. The van der Waals surface area contributed by atoms with E-state index in [0.29, 0.717) is 11.5 Å². The molecule has 88 valence electrons. The first-order chi connectivity index (χ1) is 8.79. The monoisotopic (exact) mass is 234 g/mol. The van der Waals surface area contributed by atoms with Crippen molar-refractivity contribution < 1.29 is 0 Å². The van der Waals surface area contributed by atoms with Crippen molar-refractivity contribution in [3.63, 3.8) is 0 Å². The lowest BCUT2D eigenvalue weighted by atomic mass is 9.92. The average molecular weight is 234 g/mol. The van der Waals surface area contributed by atoms with Crippen molar-refractivity contribution in [3.05, 3.63) is 70.8 Å². The first kappa shape index (κ1) is 11.0. The SMILES string of the molecule is N#Cc1ccc(C2CC(N)c3ccccc32)cc1. The third-order valence-electron chi connectivity index (χ3n) is 3.70. The van der Waals surface area contributed by atoms with E-state index in [1.165, 1.54) is 16.7 Å². The van der Waals surface area contributed by atoms with E-state index in [2.05, 4.69) is 24.3 Å². The second-order valence-electron chi connectivity index (χ2n) is 4.76. The van der Waals surface area contributed by atoms with E-state index in [0.717, 1.165) is 6.42 Å². The molecule has 3 rings (SSSR count). The number of nitriles is 1. The predicted octanol–water partition coefficient (Wildman–Crippen LogP) is 3.09. The van der Waals surface area contributed by atoms with Crippen LogP contribution in [0, 0.1) is 11.3 Å². The highest BCUT2D eigenvalue weighted by Gasteiger charge is 2.28. The van der Waals surface area contributed by atoms with Crippen molar-refractivity contribution in [2.75, 3.05) is 0 Å². The van der Waals surface area contributed by atoms with Gasteiger partial charge in [-0.25, -0.2) is 0 Å². The minimum atomic E-state index is 0.127. The highest BCUT2D eigenvalue weighted by Crippen LogP contribution is 2.42. The maximum atomic E-state index is 8.82. The lowest BCUT2D eigenvalue weighted by Crippen LogP contribution is -2.05. The summed E-state index contributed by atoms with van der Waals surface area (Å²) in [5.74, 6) is 0.365. The highest BCUT2D eigenvalue weighted by molar-refractivity contribution is 5.45. The fourth-order valence-electron chi connectivity index (χ4n) is 2.78. The van der Waals surface area contributed by atoms with Gasteiger partial charge in [-0.1, -0.05) is 36.4 Å². The summed E-state index contributed by atoms with van der Waals surface area (Å²) >= 11 is 0. The first-order valence-corrected chi connectivity index (χ1v) is 6.14. The number of fused-ring (bicyclic) bond motifs is 1. The van der Waals surface area contributed by atoms with E-state index in [1.807, 2.05) is 30.3 Å². The molecule has 2 aromatic rings. The molecule has 2 nitrogen and oxygen atoms in total. The van der Waals surface area contributed by atoms with Gasteiger partial charge in [0.1, 0.15) is 0 Å². The molecule has 18 heavy (non-hydrogen) atoms. The molecule has 0 aromatic heterocycles. The second-order valence-corrected chi connectivity index (χ2v) is 4.76. The van der Waals surface area contributed by atoms with Gasteiger partial charge in [-0.2, -0.15) is 5.26 Å². The normalized spacial score (nSPS) is 21.3. The Bertz CT molecular complexity index is 608. The van der Waals surface area contributed by atoms with Gasteiger partial charge in [0.2, 0.25) is 0 Å². The van der Waals surface area contributed by atoms with Crippen LogP contribution in [-0.4, -0.2) is 0 Å². The van der Waals surface area contributed by atoms with E-state index in [1.54, 1.807) is 0 Å². The van der Waals surface area contributed by atoms with Crippen LogP contribution in [-0.2, 0) is 0 Å². The number of hydrogen-bond acceptors (Lipinski definition) is 2. The van der Waals surface area contributed by atoms with Crippen LogP contribution in [0.1, 0.15) is 40.6 Å². The first-order valence-electron chi connectivity index (χ1n) is 6.14. The van der Waals surface area contributed by atoms with Crippen LogP contribution in [0.4, 0.5) is 0 Å². The van der Waals surface area contributed by atoms with E-state index in [-0.39, 0.29) is 6.04 Å². The Hall–Kier alpha value is -2.11. The molecule has 0 saturated carbocycles. The minimum Gasteiger partial charge on any atom is -0.324 e. The Labute approximate surface area is 107 Å². The Morgan fingerprint density at radius 2 is 1.67 bits per heavy atom. The highest BCUT2D eigenvalue weighted by atomic mass is 14.7. The van der Waals surface area contributed by atoms with Crippen molar-refractivity contribution in [1.29, 1.82) is 5.26 Å². The third kappa shape index (κ3) is 1.70. The number of hydrogen-bond donors (Lipinski definition) is 1. The Morgan fingerprint density at radius 1 is 1.00 bits per heavy atom. The van der Waals surface area contributed by atoms with E-state index in [9.17, 15) is 0 Å². The number of nitrogens with two attached hydrogens (primary N) is 1. The van der Waals surface area contributed by atoms with Gasteiger partial charge in [-0.15, -0.1) is 0 Å². The Balaban J connectivity index is 2.01. The van der Waals surface area contributed by atoms with Gasteiger partial charge >= 0.3 is 0 Å². The van der Waals surface area contributed by atoms with Gasteiger partial charge < -0.3 is 5.73 Å². The largest absolute Gasteiger partial charge is 0.324 e. The molecule has 2 heteroatoms. The molecule has 0 fully saturated rings. The quantitative estimate of drug-likeness (QED) is 0.824. The summed E-state index contributed by atoms with van der Waals surface area (Å²) < 4.78 is 0. The third-order valence-corrected chi connectivity index (χ3v) is 3.70. The van der Waals surface area contributed by atoms with Crippen molar-refractivity contribution in [2.45, 2.75) is 18.4 Å². The fourth-order valence-corrected chi connectivity index (χ4v) is 2.78. The van der Waals surface area contributed by atoms with Crippen molar-refractivity contribution in [3.8, 4) is 6.07 Å². The average Bonchev–Trinajstić information content (AvgIpc) is 2.77. The maximum absolute atomic E-state index is 8.82. The van der Waals surface area contributed by atoms with Gasteiger partial charge in [0.05, 0.1) is 11.6 Å². The van der Waals surface area contributed by atoms with Crippen LogP contribution < -0.4 is 5.73 Å². The van der Waals surface area contributed by atoms with Crippen molar-refractivity contribution in [2.24, 2.45) is 5.73 Å². The van der Waals surface area contributed by atoms with E-state index in [4.69, 9.17) is 11.0 Å². The van der Waals surface area contributed by atoms with E-state index >= 15 is 0 Å². The summed E-state index contributed by atoms with van der Waals surface area (Å²) in [7, 11) is 0. The van der Waals surface area contributed by atoms with Crippen LogP contribution in [0.25, 0.3) is 0 Å². The van der Waals surface area contributed by atoms with Gasteiger partial charge in [0.15, 0.2) is 0 Å². The summed E-state index contributed by atoms with van der Waals surface area (Å²) in [5, 5.41) is 8.82. The molecule has 2 aromatic carbocycles. The second kappa shape index (κ2) is 4.29. The molecule has 0 spiro atoms. The van der Waals surface area contributed by atoms with Crippen LogP contribution >= 0.6 is 0 Å². The lowest BCUT2D eigenvalue weighted by molar-refractivity contribution is 0.662. The van der Waals surface area contributed by atoms with Crippen LogP contribution in [0.2, 0.25) is 0 Å². The standard InChI is InChI=1S/C16H14N2/c17-10-11-5-7-12(8-6-11)15-9-16(18)14-4-2-1-3-13(14)15/h1-8,15-16H,9,18H2. The molecule has 1 aliphatic rings. The molecule has 2 atom stereocenters. The van der Waals surface area contributed by atoms with Crippen LogP contribution in [0.3, 0.4) is 0 Å². The Kier molecular flexibility index (Phi) is 2.62. The summed E-state index contributed by atoms with van der Waals surface area (Å²) in [4.78, 5) is 0. The van der Waals surface area contributed by atoms with Gasteiger partial charge in [-0.3, -0.25) is 0 Å². The fraction of sp³-hybridized carbons (Fsp3) is 0.188. The zero-order valence-corrected chi connectivity index (χ0v) is 10.0.